The average Bonchev–Trinajstić information content (AvgIpc) is 2.96. The van der Waals surface area contributed by atoms with E-state index in [1.807, 2.05) is 7.11 Å². The Kier molecular flexibility index (Phi) is 11.5. The van der Waals surface area contributed by atoms with Crippen molar-refractivity contribution in [2.75, 3.05) is 24.8 Å². The Labute approximate surface area is 144 Å². The number of hydrogen-bond donors (Lipinski definition) is 0. The van der Waals surface area contributed by atoms with Crippen LogP contribution in [0.15, 0.2) is 0 Å². The van der Waals surface area contributed by atoms with Crippen LogP contribution in [0.1, 0.15) is 72.1 Å². The zero-order valence-corrected chi connectivity index (χ0v) is 18.7. The molecular weight excluding hydrogens is 377 g/mol. The molecule has 1 atom stereocenters. The molecule has 2 nitrogen and oxygen atoms in total. The summed E-state index contributed by atoms with van der Waals surface area (Å²) >= 11 is -1.99. The predicted octanol–water partition coefficient (Wildman–Crippen LogP) is 5.49. The topological polar surface area (TPSA) is 12.5 Å². The van der Waals surface area contributed by atoms with Gasteiger partial charge in [0.15, 0.2) is 0 Å². The van der Waals surface area contributed by atoms with Crippen molar-refractivity contribution in [1.82, 2.24) is 4.90 Å². The van der Waals surface area contributed by atoms with Gasteiger partial charge in [0, 0.05) is 0 Å². The van der Waals surface area contributed by atoms with E-state index in [0.717, 1.165) is 12.6 Å². The van der Waals surface area contributed by atoms with E-state index >= 15 is 0 Å². The number of ether oxygens (including phenoxy) is 1. The number of methoxy groups -OCH3 is 1. The molecule has 1 rings (SSSR count). The summed E-state index contributed by atoms with van der Waals surface area (Å²) in [5.41, 5.74) is 0. The quantitative estimate of drug-likeness (QED) is 0.367. The van der Waals surface area contributed by atoms with Crippen LogP contribution in [0.2, 0.25) is 13.3 Å². The fraction of sp³-hybridized carbons (Fsp3) is 1.00. The molecule has 1 aliphatic heterocycles. The van der Waals surface area contributed by atoms with E-state index in [1.165, 1.54) is 62.5 Å². The van der Waals surface area contributed by atoms with E-state index < -0.39 is 18.4 Å². The molecule has 1 aliphatic rings. The standard InChI is InChI=1S/C7H14NO.3C4H9.Sn/c1-8-5-3-4-7(8)6-9-2;3*1-3-4-2;/h7H,1,3-6H2,2H3;3*1,3-4H2,2H3;/t7-;;;;/m0..../s1. The molecule has 0 radical (unpaired) electrons. The second-order valence-corrected chi connectivity index (χ2v) is 21.3. The Morgan fingerprint density at radius 2 is 1.50 bits per heavy atom. The normalized spacial score (nSPS) is 19.9. The van der Waals surface area contributed by atoms with E-state index in [-0.39, 0.29) is 0 Å². The molecule has 1 fully saturated rings. The van der Waals surface area contributed by atoms with Gasteiger partial charge in [-0.3, -0.25) is 0 Å². The van der Waals surface area contributed by atoms with Gasteiger partial charge in [-0.15, -0.1) is 0 Å². The average molecular weight is 418 g/mol. The first-order chi connectivity index (χ1) is 10.7. The maximum atomic E-state index is 5.50. The monoisotopic (exact) mass is 419 g/mol. The number of nitrogens with zero attached hydrogens (tertiary/aromatic N) is 1. The summed E-state index contributed by atoms with van der Waals surface area (Å²) in [7, 11) is 1.87. The summed E-state index contributed by atoms with van der Waals surface area (Å²) in [4.78, 5) is 2.86. The van der Waals surface area contributed by atoms with Crippen LogP contribution in [0.4, 0.5) is 0 Å². The van der Waals surface area contributed by atoms with Crippen molar-refractivity contribution in [3.8, 4) is 0 Å². The second kappa shape index (κ2) is 12.1. The Morgan fingerprint density at radius 1 is 0.955 bits per heavy atom. The summed E-state index contributed by atoms with van der Waals surface area (Å²) in [6, 6.07) is 0.728. The van der Waals surface area contributed by atoms with E-state index in [4.69, 9.17) is 4.74 Å². The molecule has 0 bridgehead atoms. The van der Waals surface area contributed by atoms with E-state index in [0.29, 0.717) is 0 Å². The number of likely N-dealkylation sites (tertiary alicyclic amines) is 1. The van der Waals surface area contributed by atoms with Gasteiger partial charge in [-0.1, -0.05) is 0 Å². The molecule has 0 amide bonds. The number of hydrogen-bond acceptors (Lipinski definition) is 2. The molecular formula is C19H41NOSn. The van der Waals surface area contributed by atoms with Crippen molar-refractivity contribution in [2.45, 2.75) is 91.5 Å². The molecule has 22 heavy (non-hydrogen) atoms. The number of unbranched alkanes of at least 4 members (excludes halogenated alkanes) is 3. The molecule has 3 heteroatoms. The minimum atomic E-state index is -1.99. The van der Waals surface area contributed by atoms with Gasteiger partial charge in [-0.25, -0.2) is 0 Å². The van der Waals surface area contributed by atoms with Gasteiger partial charge < -0.3 is 0 Å². The SMILES string of the molecule is CCC[CH2][Sn]([CH2]CCC)([CH2]CCC)[CH2]N1CCC[C@H]1COC. The third kappa shape index (κ3) is 7.09. The van der Waals surface area contributed by atoms with Gasteiger partial charge in [-0.05, 0) is 0 Å². The molecule has 1 saturated heterocycles. The van der Waals surface area contributed by atoms with Crippen LogP contribution in [0.5, 0.6) is 0 Å². The van der Waals surface area contributed by atoms with Gasteiger partial charge in [0.2, 0.25) is 0 Å². The van der Waals surface area contributed by atoms with Gasteiger partial charge in [0.25, 0.3) is 0 Å². The fourth-order valence-electron chi connectivity index (χ4n) is 4.18. The van der Waals surface area contributed by atoms with E-state index in [2.05, 4.69) is 25.7 Å². The third-order valence-corrected chi connectivity index (χ3v) is 20.8. The van der Waals surface area contributed by atoms with Crippen molar-refractivity contribution < 1.29 is 4.74 Å². The van der Waals surface area contributed by atoms with Gasteiger partial charge in [0.1, 0.15) is 0 Å². The molecule has 0 aliphatic carbocycles. The minimum absolute atomic E-state index is 0.728. The predicted molar refractivity (Wildman–Crippen MR) is 101 cm³/mol. The van der Waals surface area contributed by atoms with E-state index in [1.54, 1.807) is 13.3 Å². The molecule has 0 aromatic carbocycles. The molecule has 0 aromatic rings. The molecule has 0 spiro atoms. The van der Waals surface area contributed by atoms with Crippen LogP contribution in [0.3, 0.4) is 0 Å². The molecule has 0 N–H and O–H groups in total. The fourth-order valence-corrected chi connectivity index (χ4v) is 20.8. The zero-order chi connectivity index (χ0) is 16.3. The van der Waals surface area contributed by atoms with Crippen LogP contribution >= 0.6 is 0 Å². The van der Waals surface area contributed by atoms with Gasteiger partial charge in [0.05, 0.1) is 0 Å². The molecule has 0 saturated carbocycles. The number of rotatable bonds is 13. The molecule has 0 aromatic heterocycles. The van der Waals surface area contributed by atoms with Crippen LogP contribution in [0, 0.1) is 0 Å². The maximum absolute atomic E-state index is 5.50. The first-order valence-electron chi connectivity index (χ1n) is 9.94. The van der Waals surface area contributed by atoms with Crippen LogP contribution in [-0.4, -0.2) is 54.1 Å². The molecule has 1 heterocycles. The first-order valence-corrected chi connectivity index (χ1v) is 18.0. The van der Waals surface area contributed by atoms with Crippen LogP contribution in [0.25, 0.3) is 0 Å². The summed E-state index contributed by atoms with van der Waals surface area (Å²) in [6.45, 7) is 9.42. The Hall–Kier alpha value is 0.719. The van der Waals surface area contributed by atoms with E-state index in [9.17, 15) is 0 Å². The summed E-state index contributed by atoms with van der Waals surface area (Å²) in [6.07, 6.45) is 11.4. The van der Waals surface area contributed by atoms with Crippen LogP contribution < -0.4 is 0 Å². The first kappa shape index (κ1) is 20.8. The Balaban J connectivity index is 2.75. The summed E-state index contributed by atoms with van der Waals surface area (Å²) in [5, 5.41) is 0. The van der Waals surface area contributed by atoms with Crippen molar-refractivity contribution in [3.63, 3.8) is 0 Å². The van der Waals surface area contributed by atoms with Gasteiger partial charge in [-0.2, -0.15) is 0 Å². The van der Waals surface area contributed by atoms with Crippen molar-refractivity contribution in [3.05, 3.63) is 0 Å². The third-order valence-electron chi connectivity index (χ3n) is 5.58. The van der Waals surface area contributed by atoms with Crippen molar-refractivity contribution >= 4 is 18.4 Å². The summed E-state index contributed by atoms with van der Waals surface area (Å²) in [5.74, 6) is 0. The Bertz CT molecular complexity index is 250. The van der Waals surface area contributed by atoms with Crippen LogP contribution in [-0.2, 0) is 4.74 Å². The second-order valence-electron chi connectivity index (χ2n) is 7.53. The van der Waals surface area contributed by atoms with Gasteiger partial charge >= 0.3 is 144 Å². The van der Waals surface area contributed by atoms with Crippen molar-refractivity contribution in [1.29, 1.82) is 0 Å². The summed E-state index contributed by atoms with van der Waals surface area (Å²) < 4.78 is 11.9. The van der Waals surface area contributed by atoms with Crippen molar-refractivity contribution in [2.24, 2.45) is 0 Å². The molecule has 132 valence electrons. The Morgan fingerprint density at radius 3 is 1.95 bits per heavy atom. The zero-order valence-electron chi connectivity index (χ0n) is 15.8. The molecule has 0 unspecified atom stereocenters.